The van der Waals surface area contributed by atoms with Gasteiger partial charge in [0.15, 0.2) is 0 Å². The molecule has 1 rings (SSSR count). The van der Waals surface area contributed by atoms with Crippen LogP contribution in [0, 0.1) is 5.82 Å². The van der Waals surface area contributed by atoms with E-state index in [-0.39, 0.29) is 16.5 Å². The number of rotatable bonds is 6. The Morgan fingerprint density at radius 1 is 1.35 bits per heavy atom. The van der Waals surface area contributed by atoms with Crippen molar-refractivity contribution < 1.29 is 12.8 Å². The van der Waals surface area contributed by atoms with Crippen LogP contribution in [0.3, 0.4) is 0 Å². The fourth-order valence-corrected chi connectivity index (χ4v) is 2.58. The van der Waals surface area contributed by atoms with Crippen molar-refractivity contribution in [3.05, 3.63) is 29.0 Å². The third-order valence-electron chi connectivity index (χ3n) is 2.06. The van der Waals surface area contributed by atoms with Crippen molar-refractivity contribution in [2.45, 2.75) is 12.8 Å². The molecule has 0 amide bonds. The van der Waals surface area contributed by atoms with Gasteiger partial charge in [0.1, 0.15) is 5.82 Å². The molecule has 0 spiro atoms. The first-order valence-corrected chi connectivity index (χ1v) is 7.13. The van der Waals surface area contributed by atoms with Crippen molar-refractivity contribution in [1.29, 1.82) is 0 Å². The molecule has 0 aliphatic heterocycles. The second-order valence-electron chi connectivity index (χ2n) is 3.54. The molecule has 0 saturated carbocycles. The van der Waals surface area contributed by atoms with Gasteiger partial charge in [-0.05, 0) is 37.6 Å². The summed E-state index contributed by atoms with van der Waals surface area (Å²) in [4.78, 5) is 0. The Bertz CT molecular complexity index is 479. The Balaban J connectivity index is 2.72. The molecule has 17 heavy (non-hydrogen) atoms. The van der Waals surface area contributed by atoms with Gasteiger partial charge in [-0.2, -0.15) is 0 Å². The van der Waals surface area contributed by atoms with Crippen LogP contribution in [0.15, 0.2) is 18.2 Å². The first kappa shape index (κ1) is 14.2. The molecule has 1 aromatic carbocycles. The van der Waals surface area contributed by atoms with E-state index in [1.165, 1.54) is 12.1 Å². The van der Waals surface area contributed by atoms with E-state index in [1.54, 1.807) is 0 Å². The van der Waals surface area contributed by atoms with Crippen LogP contribution in [-0.4, -0.2) is 20.7 Å². The Morgan fingerprint density at radius 2 is 2.06 bits per heavy atom. The van der Waals surface area contributed by atoms with E-state index in [1.807, 2.05) is 0 Å². The predicted molar refractivity (Wildman–Crippen MR) is 67.1 cm³/mol. The van der Waals surface area contributed by atoms with E-state index >= 15 is 0 Å². The molecule has 0 bridgehead atoms. The van der Waals surface area contributed by atoms with Crippen molar-refractivity contribution in [2.24, 2.45) is 5.73 Å². The molecule has 7 heteroatoms. The molecular formula is C10H14ClFN2O2S. The van der Waals surface area contributed by atoms with Gasteiger partial charge in [0.2, 0.25) is 10.0 Å². The summed E-state index contributed by atoms with van der Waals surface area (Å²) in [5.74, 6) is -0.743. The maximum atomic E-state index is 13.3. The number of sulfonamides is 1. The van der Waals surface area contributed by atoms with Gasteiger partial charge in [-0.15, -0.1) is 0 Å². The maximum absolute atomic E-state index is 13.3. The highest BCUT2D eigenvalue weighted by Gasteiger charge is 2.13. The minimum absolute atomic E-state index is 0.0871. The summed E-state index contributed by atoms with van der Waals surface area (Å²) in [7, 11) is -3.55. The van der Waals surface area contributed by atoms with Gasteiger partial charge in [-0.1, -0.05) is 11.6 Å². The van der Waals surface area contributed by atoms with Crippen molar-refractivity contribution in [2.75, 3.05) is 17.0 Å². The summed E-state index contributed by atoms with van der Waals surface area (Å²) in [6.45, 7) is 0.432. The summed E-state index contributed by atoms with van der Waals surface area (Å²) < 4.78 is 38.6. The number of hydrogen-bond acceptors (Lipinski definition) is 3. The summed E-state index contributed by atoms with van der Waals surface area (Å²) >= 11 is 5.65. The minimum Gasteiger partial charge on any atom is -0.330 e. The molecule has 0 heterocycles. The first-order valence-electron chi connectivity index (χ1n) is 5.10. The van der Waals surface area contributed by atoms with Gasteiger partial charge in [-0.3, -0.25) is 4.72 Å². The predicted octanol–water partition coefficient (Wildman–Crippen LogP) is 1.96. The average molecular weight is 281 g/mol. The monoisotopic (exact) mass is 280 g/mol. The quantitative estimate of drug-likeness (QED) is 0.783. The van der Waals surface area contributed by atoms with Crippen molar-refractivity contribution in [3.63, 3.8) is 0 Å². The minimum atomic E-state index is -3.55. The number of nitrogens with one attached hydrogen (secondary N) is 1. The molecule has 4 nitrogen and oxygen atoms in total. The largest absolute Gasteiger partial charge is 0.330 e. The third kappa shape index (κ3) is 4.89. The lowest BCUT2D eigenvalue weighted by Gasteiger charge is -2.08. The number of halogens is 2. The zero-order valence-electron chi connectivity index (χ0n) is 9.12. The van der Waals surface area contributed by atoms with Gasteiger partial charge in [0.05, 0.1) is 11.4 Å². The Hall–Kier alpha value is -0.850. The molecule has 0 radical (unpaired) electrons. The first-order chi connectivity index (χ1) is 7.94. The summed E-state index contributed by atoms with van der Waals surface area (Å²) in [5.41, 5.74) is 5.13. The molecule has 1 aromatic rings. The molecule has 0 fully saturated rings. The highest BCUT2D eigenvalue weighted by molar-refractivity contribution is 7.92. The third-order valence-corrected chi connectivity index (χ3v) is 3.65. The van der Waals surface area contributed by atoms with Crippen LogP contribution >= 0.6 is 11.6 Å². The standard InChI is InChI=1S/C10H14ClFN2O2S/c11-8-3-4-9(12)10(7-8)14-17(15,16)6-2-1-5-13/h3-4,7,14H,1-2,5-6,13H2. The Morgan fingerprint density at radius 3 is 2.71 bits per heavy atom. The highest BCUT2D eigenvalue weighted by Crippen LogP contribution is 2.20. The van der Waals surface area contributed by atoms with Crippen LogP contribution in [0.2, 0.25) is 5.02 Å². The number of hydrogen-bond donors (Lipinski definition) is 2. The van der Waals surface area contributed by atoms with E-state index in [0.29, 0.717) is 19.4 Å². The lowest BCUT2D eigenvalue weighted by molar-refractivity contribution is 0.594. The fraction of sp³-hybridized carbons (Fsp3) is 0.400. The van der Waals surface area contributed by atoms with Gasteiger partial charge in [0, 0.05) is 5.02 Å². The summed E-state index contributed by atoms with van der Waals surface area (Å²) in [6, 6.07) is 3.69. The molecule has 0 aliphatic rings. The lowest BCUT2D eigenvalue weighted by atomic mass is 10.3. The SMILES string of the molecule is NCCCCS(=O)(=O)Nc1cc(Cl)ccc1F. The maximum Gasteiger partial charge on any atom is 0.232 e. The number of anilines is 1. The number of unbranched alkanes of at least 4 members (excludes halogenated alkanes) is 1. The van der Waals surface area contributed by atoms with Gasteiger partial charge in [0.25, 0.3) is 0 Å². The van der Waals surface area contributed by atoms with E-state index in [9.17, 15) is 12.8 Å². The number of nitrogens with two attached hydrogens (primary N) is 1. The van der Waals surface area contributed by atoms with E-state index in [4.69, 9.17) is 17.3 Å². The molecule has 0 aliphatic carbocycles. The topological polar surface area (TPSA) is 72.2 Å². The molecular weight excluding hydrogens is 267 g/mol. The normalized spacial score (nSPS) is 11.5. The van der Waals surface area contributed by atoms with Gasteiger partial charge in [-0.25, -0.2) is 12.8 Å². The molecule has 0 saturated heterocycles. The molecule has 0 atom stereocenters. The second kappa shape index (κ2) is 6.18. The number of benzene rings is 1. The molecule has 0 aromatic heterocycles. The second-order valence-corrected chi connectivity index (χ2v) is 5.82. The van der Waals surface area contributed by atoms with E-state index in [2.05, 4.69) is 4.72 Å². The van der Waals surface area contributed by atoms with E-state index < -0.39 is 15.8 Å². The summed E-state index contributed by atoms with van der Waals surface area (Å²) in [6.07, 6.45) is 1.05. The van der Waals surface area contributed by atoms with Crippen LogP contribution in [0.25, 0.3) is 0 Å². The zero-order valence-corrected chi connectivity index (χ0v) is 10.7. The van der Waals surface area contributed by atoms with Crippen molar-refractivity contribution in [3.8, 4) is 0 Å². The van der Waals surface area contributed by atoms with Crippen LogP contribution in [-0.2, 0) is 10.0 Å². The van der Waals surface area contributed by atoms with E-state index in [0.717, 1.165) is 6.07 Å². The summed E-state index contributed by atoms with van der Waals surface area (Å²) in [5, 5.41) is 0.269. The lowest BCUT2D eigenvalue weighted by Crippen LogP contribution is -2.18. The Labute approximate surface area is 105 Å². The smallest absolute Gasteiger partial charge is 0.232 e. The molecule has 96 valence electrons. The van der Waals surface area contributed by atoms with Crippen LogP contribution < -0.4 is 10.5 Å². The van der Waals surface area contributed by atoms with Crippen molar-refractivity contribution >= 4 is 27.3 Å². The van der Waals surface area contributed by atoms with Crippen molar-refractivity contribution in [1.82, 2.24) is 0 Å². The molecule has 0 unspecified atom stereocenters. The Kier molecular flexibility index (Phi) is 5.17. The van der Waals surface area contributed by atoms with Gasteiger partial charge < -0.3 is 5.73 Å². The fourth-order valence-electron chi connectivity index (χ4n) is 1.23. The molecule has 3 N–H and O–H groups in total. The van der Waals surface area contributed by atoms with Gasteiger partial charge >= 0.3 is 0 Å². The zero-order chi connectivity index (χ0) is 12.9. The van der Waals surface area contributed by atoms with Crippen LogP contribution in [0.1, 0.15) is 12.8 Å². The van der Waals surface area contributed by atoms with Crippen LogP contribution in [0.5, 0.6) is 0 Å². The highest BCUT2D eigenvalue weighted by atomic mass is 35.5. The average Bonchev–Trinajstić information content (AvgIpc) is 2.23. The van der Waals surface area contributed by atoms with Crippen LogP contribution in [0.4, 0.5) is 10.1 Å².